The van der Waals surface area contributed by atoms with Gasteiger partial charge in [0.05, 0.1) is 12.5 Å². The van der Waals surface area contributed by atoms with Gasteiger partial charge in [0.1, 0.15) is 0 Å². The topological polar surface area (TPSA) is 86.7 Å². The number of carboxylic acid groups (broad SMARTS) is 1. The van der Waals surface area contributed by atoms with Gasteiger partial charge >= 0.3 is 5.97 Å². The lowest BCUT2D eigenvalue weighted by molar-refractivity contribution is -0.147. The zero-order chi connectivity index (χ0) is 16.8. The first-order chi connectivity index (χ1) is 11.0. The SMILES string of the molecule is CC1CC(C(=O)O)CN(C(=O)CNC(=O)CCC2CCCC2)C1. The molecule has 1 saturated heterocycles. The predicted octanol–water partition coefficient (Wildman–Crippen LogP) is 1.64. The fraction of sp³-hybridized carbons (Fsp3) is 0.824. The van der Waals surface area contributed by atoms with Gasteiger partial charge in [0.25, 0.3) is 0 Å². The van der Waals surface area contributed by atoms with Gasteiger partial charge < -0.3 is 15.3 Å². The first-order valence-corrected chi connectivity index (χ1v) is 8.73. The summed E-state index contributed by atoms with van der Waals surface area (Å²) >= 11 is 0. The van der Waals surface area contributed by atoms with Gasteiger partial charge in [-0.1, -0.05) is 32.6 Å². The lowest BCUT2D eigenvalue weighted by Gasteiger charge is -2.34. The Balaban J connectivity index is 1.70. The van der Waals surface area contributed by atoms with Crippen molar-refractivity contribution in [2.24, 2.45) is 17.8 Å². The first-order valence-electron chi connectivity index (χ1n) is 8.73. The molecular weight excluding hydrogens is 296 g/mol. The molecule has 2 amide bonds. The van der Waals surface area contributed by atoms with E-state index < -0.39 is 11.9 Å². The van der Waals surface area contributed by atoms with Crippen LogP contribution in [-0.2, 0) is 14.4 Å². The van der Waals surface area contributed by atoms with E-state index >= 15 is 0 Å². The van der Waals surface area contributed by atoms with E-state index in [1.807, 2.05) is 6.92 Å². The number of carbonyl (C=O) groups is 3. The fourth-order valence-electron chi connectivity index (χ4n) is 3.74. The summed E-state index contributed by atoms with van der Waals surface area (Å²) in [5, 5.41) is 11.8. The molecule has 6 nitrogen and oxygen atoms in total. The van der Waals surface area contributed by atoms with Crippen molar-refractivity contribution >= 4 is 17.8 Å². The number of hydrogen-bond acceptors (Lipinski definition) is 3. The Morgan fingerprint density at radius 1 is 1.17 bits per heavy atom. The summed E-state index contributed by atoms with van der Waals surface area (Å²) in [6.07, 6.45) is 6.95. The molecule has 0 bridgehead atoms. The molecule has 1 aliphatic carbocycles. The van der Waals surface area contributed by atoms with Gasteiger partial charge in [0.15, 0.2) is 0 Å². The minimum Gasteiger partial charge on any atom is -0.481 e. The van der Waals surface area contributed by atoms with Crippen molar-refractivity contribution in [3.63, 3.8) is 0 Å². The van der Waals surface area contributed by atoms with Crippen LogP contribution in [0.2, 0.25) is 0 Å². The van der Waals surface area contributed by atoms with E-state index in [0.29, 0.717) is 25.3 Å². The van der Waals surface area contributed by atoms with E-state index in [-0.39, 0.29) is 30.8 Å². The van der Waals surface area contributed by atoms with Crippen LogP contribution in [0.15, 0.2) is 0 Å². The molecule has 23 heavy (non-hydrogen) atoms. The Morgan fingerprint density at radius 2 is 1.87 bits per heavy atom. The van der Waals surface area contributed by atoms with Crippen LogP contribution in [0.5, 0.6) is 0 Å². The number of nitrogens with zero attached hydrogens (tertiary/aromatic N) is 1. The minimum absolute atomic E-state index is 0.0252. The molecule has 0 aromatic carbocycles. The molecule has 2 rings (SSSR count). The number of likely N-dealkylation sites (tertiary alicyclic amines) is 1. The monoisotopic (exact) mass is 324 g/mol. The third kappa shape index (κ3) is 5.52. The van der Waals surface area contributed by atoms with E-state index in [1.165, 1.54) is 25.7 Å². The molecule has 130 valence electrons. The van der Waals surface area contributed by atoms with E-state index in [2.05, 4.69) is 5.32 Å². The van der Waals surface area contributed by atoms with E-state index in [0.717, 1.165) is 6.42 Å². The Bertz CT molecular complexity index is 446. The molecular formula is C17H28N2O4. The second kappa shape index (κ2) is 8.31. The zero-order valence-corrected chi connectivity index (χ0v) is 13.9. The Hall–Kier alpha value is -1.59. The van der Waals surface area contributed by atoms with Crippen molar-refractivity contribution in [1.29, 1.82) is 0 Å². The van der Waals surface area contributed by atoms with Gasteiger partial charge in [0.2, 0.25) is 11.8 Å². The summed E-state index contributed by atoms with van der Waals surface area (Å²) in [7, 11) is 0. The summed E-state index contributed by atoms with van der Waals surface area (Å²) in [5.41, 5.74) is 0. The maximum absolute atomic E-state index is 12.2. The van der Waals surface area contributed by atoms with Gasteiger partial charge in [-0.25, -0.2) is 0 Å². The van der Waals surface area contributed by atoms with Crippen LogP contribution in [0.1, 0.15) is 51.9 Å². The second-order valence-corrected chi connectivity index (χ2v) is 7.14. The highest BCUT2D eigenvalue weighted by atomic mass is 16.4. The van der Waals surface area contributed by atoms with Crippen LogP contribution >= 0.6 is 0 Å². The molecule has 2 unspecified atom stereocenters. The first kappa shape index (κ1) is 17.8. The molecule has 2 aliphatic rings. The molecule has 2 N–H and O–H groups in total. The second-order valence-electron chi connectivity index (χ2n) is 7.14. The number of hydrogen-bond donors (Lipinski definition) is 2. The van der Waals surface area contributed by atoms with Crippen LogP contribution in [-0.4, -0.2) is 47.4 Å². The molecule has 6 heteroatoms. The number of piperidine rings is 1. The lowest BCUT2D eigenvalue weighted by atomic mass is 9.90. The van der Waals surface area contributed by atoms with Crippen LogP contribution < -0.4 is 5.32 Å². The number of nitrogens with one attached hydrogen (secondary N) is 1. The normalized spacial score (nSPS) is 25.3. The molecule has 0 aromatic rings. The molecule has 1 saturated carbocycles. The Labute approximate surface area is 137 Å². The van der Waals surface area contributed by atoms with E-state index in [9.17, 15) is 14.4 Å². The van der Waals surface area contributed by atoms with Crippen LogP contribution in [0, 0.1) is 17.8 Å². The smallest absolute Gasteiger partial charge is 0.308 e. The van der Waals surface area contributed by atoms with Crippen molar-refractivity contribution in [2.45, 2.75) is 51.9 Å². The van der Waals surface area contributed by atoms with E-state index in [1.54, 1.807) is 4.90 Å². The number of carboxylic acids is 1. The Kier molecular flexibility index (Phi) is 6.42. The van der Waals surface area contributed by atoms with Crippen molar-refractivity contribution < 1.29 is 19.5 Å². The highest BCUT2D eigenvalue weighted by Crippen LogP contribution is 2.28. The highest BCUT2D eigenvalue weighted by molar-refractivity contribution is 5.85. The number of carbonyl (C=O) groups excluding carboxylic acids is 2. The molecule has 1 heterocycles. The van der Waals surface area contributed by atoms with Gasteiger partial charge in [-0.15, -0.1) is 0 Å². The van der Waals surface area contributed by atoms with Crippen LogP contribution in [0.25, 0.3) is 0 Å². The van der Waals surface area contributed by atoms with Gasteiger partial charge in [-0.3, -0.25) is 14.4 Å². The molecule has 2 atom stereocenters. The van der Waals surface area contributed by atoms with Gasteiger partial charge in [-0.2, -0.15) is 0 Å². The largest absolute Gasteiger partial charge is 0.481 e. The zero-order valence-electron chi connectivity index (χ0n) is 13.9. The number of amides is 2. The molecule has 0 radical (unpaired) electrons. The van der Waals surface area contributed by atoms with Gasteiger partial charge in [0, 0.05) is 19.5 Å². The maximum Gasteiger partial charge on any atom is 0.308 e. The third-order valence-electron chi connectivity index (χ3n) is 5.05. The summed E-state index contributed by atoms with van der Waals surface area (Å²) in [6, 6.07) is 0. The van der Waals surface area contributed by atoms with Crippen molar-refractivity contribution in [3.8, 4) is 0 Å². The molecule has 0 spiro atoms. The van der Waals surface area contributed by atoms with Crippen molar-refractivity contribution in [1.82, 2.24) is 10.2 Å². The quantitative estimate of drug-likeness (QED) is 0.777. The third-order valence-corrected chi connectivity index (χ3v) is 5.05. The van der Waals surface area contributed by atoms with Crippen molar-refractivity contribution in [3.05, 3.63) is 0 Å². The maximum atomic E-state index is 12.2. The highest BCUT2D eigenvalue weighted by Gasteiger charge is 2.31. The van der Waals surface area contributed by atoms with Gasteiger partial charge in [-0.05, 0) is 24.7 Å². The van der Waals surface area contributed by atoms with Crippen molar-refractivity contribution in [2.75, 3.05) is 19.6 Å². The fourth-order valence-corrected chi connectivity index (χ4v) is 3.74. The standard InChI is InChI=1S/C17H28N2O4/c1-12-8-14(17(22)23)11-19(10-12)16(21)9-18-15(20)7-6-13-4-2-3-5-13/h12-14H,2-11H2,1H3,(H,18,20)(H,22,23). The number of aliphatic carboxylic acids is 1. The predicted molar refractivity (Wildman–Crippen MR) is 85.7 cm³/mol. The molecule has 1 aliphatic heterocycles. The summed E-state index contributed by atoms with van der Waals surface area (Å²) < 4.78 is 0. The molecule has 0 aromatic heterocycles. The summed E-state index contributed by atoms with van der Waals surface area (Å²) in [6.45, 7) is 2.75. The number of rotatable bonds is 6. The minimum atomic E-state index is -0.852. The lowest BCUT2D eigenvalue weighted by Crippen LogP contribution is -2.48. The summed E-state index contributed by atoms with van der Waals surface area (Å²) in [4.78, 5) is 36.8. The molecule has 2 fully saturated rings. The summed E-state index contributed by atoms with van der Waals surface area (Å²) in [5.74, 6) is -0.777. The van der Waals surface area contributed by atoms with E-state index in [4.69, 9.17) is 5.11 Å². The van der Waals surface area contributed by atoms with Crippen LogP contribution in [0.4, 0.5) is 0 Å². The van der Waals surface area contributed by atoms with Crippen LogP contribution in [0.3, 0.4) is 0 Å². The average Bonchev–Trinajstić information content (AvgIpc) is 3.03. The average molecular weight is 324 g/mol. The Morgan fingerprint density at radius 3 is 2.52 bits per heavy atom.